The Labute approximate surface area is 179 Å². The maximum Gasteiger partial charge on any atom is 0.338 e. The van der Waals surface area contributed by atoms with E-state index in [4.69, 9.17) is 9.47 Å². The minimum atomic E-state index is -0.417. The van der Waals surface area contributed by atoms with Crippen molar-refractivity contribution in [3.05, 3.63) is 83.4 Å². The van der Waals surface area contributed by atoms with Crippen LogP contribution in [0, 0.1) is 0 Å². The molecule has 2 amide bonds. The summed E-state index contributed by atoms with van der Waals surface area (Å²) in [4.78, 5) is 38.8. The van der Waals surface area contributed by atoms with E-state index in [0.717, 1.165) is 0 Å². The van der Waals surface area contributed by atoms with Gasteiger partial charge in [0, 0.05) is 18.3 Å². The van der Waals surface area contributed by atoms with E-state index in [0.29, 0.717) is 46.2 Å². The molecule has 0 aromatic heterocycles. The van der Waals surface area contributed by atoms with Crippen molar-refractivity contribution in [1.82, 2.24) is 0 Å². The van der Waals surface area contributed by atoms with Crippen LogP contribution in [0.5, 0.6) is 11.5 Å². The Balaban J connectivity index is 1.56. The summed E-state index contributed by atoms with van der Waals surface area (Å²) in [5, 5.41) is 2.79. The van der Waals surface area contributed by atoms with E-state index >= 15 is 0 Å². The lowest BCUT2D eigenvalue weighted by molar-refractivity contribution is 0.0526. The number of nitrogens with zero attached hydrogens (tertiary/aromatic N) is 1. The number of benzene rings is 3. The van der Waals surface area contributed by atoms with Crippen LogP contribution in [-0.2, 0) is 4.74 Å². The molecular formula is C24H20N2O5. The van der Waals surface area contributed by atoms with Crippen LogP contribution < -0.4 is 15.0 Å². The molecule has 3 aromatic carbocycles. The van der Waals surface area contributed by atoms with Crippen LogP contribution in [0.1, 0.15) is 38.0 Å². The number of nitrogens with one attached hydrogen (secondary N) is 1. The highest BCUT2D eigenvalue weighted by Gasteiger charge is 2.26. The third-order valence-electron chi connectivity index (χ3n) is 4.88. The molecule has 1 aliphatic rings. The van der Waals surface area contributed by atoms with Crippen LogP contribution in [0.25, 0.3) is 0 Å². The van der Waals surface area contributed by atoms with E-state index in [9.17, 15) is 14.4 Å². The van der Waals surface area contributed by atoms with E-state index in [1.54, 1.807) is 80.7 Å². The van der Waals surface area contributed by atoms with Crippen molar-refractivity contribution in [2.75, 3.05) is 23.9 Å². The quantitative estimate of drug-likeness (QED) is 0.633. The zero-order chi connectivity index (χ0) is 22.0. The monoisotopic (exact) mass is 416 g/mol. The molecule has 156 valence electrons. The lowest BCUT2D eigenvalue weighted by atomic mass is 10.1. The average molecular weight is 416 g/mol. The fourth-order valence-corrected chi connectivity index (χ4v) is 3.26. The maximum absolute atomic E-state index is 12.8. The van der Waals surface area contributed by atoms with Gasteiger partial charge in [0.2, 0.25) is 0 Å². The zero-order valence-corrected chi connectivity index (χ0v) is 17.0. The van der Waals surface area contributed by atoms with Crippen LogP contribution in [-0.4, -0.2) is 31.4 Å². The molecule has 1 N–H and O–H groups in total. The van der Waals surface area contributed by atoms with E-state index in [1.807, 2.05) is 0 Å². The number of fused-ring (bicyclic) bond motifs is 2. The highest BCUT2D eigenvalue weighted by molar-refractivity contribution is 6.11. The predicted molar refractivity (Wildman–Crippen MR) is 116 cm³/mol. The largest absolute Gasteiger partial charge is 0.462 e. The first-order valence-electron chi connectivity index (χ1n) is 9.75. The first-order valence-corrected chi connectivity index (χ1v) is 9.75. The number of carbonyl (C=O) groups is 3. The SMILES string of the molecule is CCOC(=O)c1ccc(NC(=O)c2ccc3c(c2)N(C)C(=O)c2ccccc2O3)cc1. The van der Waals surface area contributed by atoms with E-state index < -0.39 is 5.97 Å². The number of esters is 1. The maximum atomic E-state index is 12.8. The van der Waals surface area contributed by atoms with Crippen molar-refractivity contribution in [2.45, 2.75) is 6.92 Å². The van der Waals surface area contributed by atoms with Gasteiger partial charge in [0.1, 0.15) is 5.75 Å². The van der Waals surface area contributed by atoms with Crippen LogP contribution >= 0.6 is 0 Å². The van der Waals surface area contributed by atoms with Gasteiger partial charge in [-0.3, -0.25) is 9.59 Å². The lowest BCUT2D eigenvalue weighted by Gasteiger charge is -2.17. The number of anilines is 2. The van der Waals surface area contributed by atoms with Gasteiger partial charge in [-0.15, -0.1) is 0 Å². The minimum absolute atomic E-state index is 0.221. The topological polar surface area (TPSA) is 84.9 Å². The number of para-hydroxylation sites is 1. The highest BCUT2D eigenvalue weighted by Crippen LogP contribution is 2.38. The number of carbonyl (C=O) groups excluding carboxylic acids is 3. The molecular weight excluding hydrogens is 396 g/mol. The number of hydrogen-bond acceptors (Lipinski definition) is 5. The van der Waals surface area contributed by atoms with Crippen molar-refractivity contribution in [2.24, 2.45) is 0 Å². The van der Waals surface area contributed by atoms with Gasteiger partial charge in [0.25, 0.3) is 11.8 Å². The summed E-state index contributed by atoms with van der Waals surface area (Å²) in [6.45, 7) is 2.03. The Morgan fingerprint density at radius 3 is 2.42 bits per heavy atom. The molecule has 0 saturated carbocycles. The van der Waals surface area contributed by atoms with Gasteiger partial charge in [0.05, 0.1) is 23.4 Å². The third kappa shape index (κ3) is 3.98. The molecule has 1 aliphatic heterocycles. The van der Waals surface area contributed by atoms with Gasteiger partial charge in [-0.1, -0.05) is 12.1 Å². The van der Waals surface area contributed by atoms with Crippen molar-refractivity contribution in [3.8, 4) is 11.5 Å². The summed E-state index contributed by atoms with van der Waals surface area (Å²) in [7, 11) is 1.64. The average Bonchev–Trinajstić information content (AvgIpc) is 2.89. The molecule has 0 fully saturated rings. The molecule has 31 heavy (non-hydrogen) atoms. The Hall–Kier alpha value is -4.13. The first-order chi connectivity index (χ1) is 15.0. The van der Waals surface area contributed by atoms with Gasteiger partial charge in [0.15, 0.2) is 5.75 Å². The smallest absolute Gasteiger partial charge is 0.338 e. The number of amides is 2. The van der Waals surface area contributed by atoms with Crippen LogP contribution in [0.2, 0.25) is 0 Å². The van der Waals surface area contributed by atoms with Crippen molar-refractivity contribution in [3.63, 3.8) is 0 Å². The van der Waals surface area contributed by atoms with Crippen molar-refractivity contribution >= 4 is 29.2 Å². The molecule has 0 atom stereocenters. The zero-order valence-electron chi connectivity index (χ0n) is 17.0. The number of hydrogen-bond donors (Lipinski definition) is 1. The summed E-state index contributed by atoms with van der Waals surface area (Å²) in [6.07, 6.45) is 0. The van der Waals surface area contributed by atoms with E-state index in [2.05, 4.69) is 5.32 Å². The molecule has 0 spiro atoms. The van der Waals surface area contributed by atoms with Crippen LogP contribution in [0.3, 0.4) is 0 Å². The van der Waals surface area contributed by atoms with Crippen LogP contribution in [0.15, 0.2) is 66.7 Å². The molecule has 7 nitrogen and oxygen atoms in total. The summed E-state index contributed by atoms with van der Waals surface area (Å²) in [6, 6.07) is 18.3. The molecule has 3 aromatic rings. The number of rotatable bonds is 4. The molecule has 0 bridgehead atoms. The molecule has 1 heterocycles. The van der Waals surface area contributed by atoms with Gasteiger partial charge < -0.3 is 19.7 Å². The predicted octanol–water partition coefficient (Wildman–Crippen LogP) is 4.50. The molecule has 0 aliphatic carbocycles. The van der Waals surface area contributed by atoms with Gasteiger partial charge in [-0.25, -0.2) is 4.79 Å². The fourth-order valence-electron chi connectivity index (χ4n) is 3.26. The third-order valence-corrected chi connectivity index (χ3v) is 4.88. The summed E-state index contributed by atoms with van der Waals surface area (Å²) in [5.41, 5.74) is 2.24. The fraction of sp³-hybridized carbons (Fsp3) is 0.125. The minimum Gasteiger partial charge on any atom is -0.462 e. The standard InChI is InChI=1S/C24H20N2O5/c1-3-30-24(29)15-8-11-17(12-9-15)25-22(27)16-10-13-21-19(14-16)26(2)23(28)18-6-4-5-7-20(18)31-21/h4-14H,3H2,1-2H3,(H,25,27). The highest BCUT2D eigenvalue weighted by atomic mass is 16.5. The second-order valence-corrected chi connectivity index (χ2v) is 6.90. The Morgan fingerprint density at radius 1 is 0.968 bits per heavy atom. The van der Waals surface area contributed by atoms with Gasteiger partial charge >= 0.3 is 5.97 Å². The lowest BCUT2D eigenvalue weighted by Crippen LogP contribution is -2.25. The molecule has 4 rings (SSSR count). The summed E-state index contributed by atoms with van der Waals surface area (Å²) in [5.74, 6) is -0.0382. The van der Waals surface area contributed by atoms with Crippen molar-refractivity contribution in [1.29, 1.82) is 0 Å². The Morgan fingerprint density at radius 2 is 1.68 bits per heavy atom. The van der Waals surface area contributed by atoms with Crippen LogP contribution in [0.4, 0.5) is 11.4 Å². The Bertz CT molecular complexity index is 1170. The second-order valence-electron chi connectivity index (χ2n) is 6.90. The number of ether oxygens (including phenoxy) is 2. The van der Waals surface area contributed by atoms with E-state index in [-0.39, 0.29) is 11.8 Å². The summed E-state index contributed by atoms with van der Waals surface area (Å²) >= 11 is 0. The Kier molecular flexibility index (Phi) is 5.41. The summed E-state index contributed by atoms with van der Waals surface area (Å²) < 4.78 is 10.9. The molecule has 0 radical (unpaired) electrons. The van der Waals surface area contributed by atoms with Gasteiger partial charge in [-0.2, -0.15) is 0 Å². The molecule has 0 unspecified atom stereocenters. The van der Waals surface area contributed by atoms with E-state index in [1.165, 1.54) is 4.90 Å². The molecule has 0 saturated heterocycles. The van der Waals surface area contributed by atoms with Crippen molar-refractivity contribution < 1.29 is 23.9 Å². The van der Waals surface area contributed by atoms with Gasteiger partial charge in [-0.05, 0) is 61.5 Å². The first kappa shape index (κ1) is 20.2. The molecule has 7 heteroatoms. The normalized spacial score (nSPS) is 12.2. The second kappa shape index (κ2) is 8.31.